The number of rotatable bonds is 6. The number of allylic oxidation sites excluding steroid dienone is 2. The minimum atomic E-state index is -1.05. The van der Waals surface area contributed by atoms with Crippen molar-refractivity contribution in [1.29, 1.82) is 0 Å². The minimum Gasteiger partial charge on any atom is -0.481 e. The first-order chi connectivity index (χ1) is 16.4. The van der Waals surface area contributed by atoms with Gasteiger partial charge in [0.15, 0.2) is 0 Å². The lowest BCUT2D eigenvalue weighted by Crippen LogP contribution is -2.54. The standard InChI is InChI=1S/C31H48O5/c1-18(28(4,5)36)9-10-19(26(34)35)25-22(32)17-31(8)21-11-12-23-27(2,3)24(33)14-15-29(23,6)20(21)13-16-30(25,31)7/h19,22-23,25,32,36H,1,9-17H2,2-8H3,(H,34,35)/t19?,22-,23+,25+,29-,30-,31+/m1/s1. The lowest BCUT2D eigenvalue weighted by atomic mass is 9.43. The quantitative estimate of drug-likeness (QED) is 0.384. The van der Waals surface area contributed by atoms with Crippen LogP contribution in [0.1, 0.15) is 106 Å². The Morgan fingerprint density at radius 1 is 1.08 bits per heavy atom. The maximum Gasteiger partial charge on any atom is 0.306 e. The molecular weight excluding hydrogens is 452 g/mol. The molecule has 7 atom stereocenters. The Morgan fingerprint density at radius 2 is 1.72 bits per heavy atom. The fourth-order valence-electron chi connectivity index (χ4n) is 9.40. The SMILES string of the molecule is C=C(CCC(C(=O)O)[C@H]1[C@H](O)C[C@@]2(C)C3=C(CC[C@]12C)[C@@]1(C)CCC(=O)C(C)(C)[C@@H]1CC3)C(C)(C)O. The van der Waals surface area contributed by atoms with Gasteiger partial charge in [-0.3, -0.25) is 9.59 Å². The second-order valence-electron chi connectivity index (χ2n) is 14.3. The number of carboxylic acid groups (broad SMARTS) is 1. The van der Waals surface area contributed by atoms with Crippen molar-refractivity contribution >= 4 is 11.8 Å². The zero-order chi connectivity index (χ0) is 27.1. The number of carboxylic acids is 1. The van der Waals surface area contributed by atoms with Crippen molar-refractivity contribution in [2.24, 2.45) is 39.4 Å². The van der Waals surface area contributed by atoms with E-state index in [1.54, 1.807) is 13.8 Å². The fourth-order valence-corrected chi connectivity index (χ4v) is 9.40. The number of fused-ring (bicyclic) bond motifs is 4. The average molecular weight is 501 g/mol. The van der Waals surface area contributed by atoms with Crippen molar-refractivity contribution in [3.05, 3.63) is 23.3 Å². The number of Topliss-reactive ketones (excluding diaryl/α,β-unsaturated/α-hetero) is 1. The van der Waals surface area contributed by atoms with E-state index in [9.17, 15) is 24.9 Å². The molecule has 1 unspecified atom stereocenters. The molecule has 0 heterocycles. The summed E-state index contributed by atoms with van der Waals surface area (Å²) < 4.78 is 0. The van der Waals surface area contributed by atoms with Gasteiger partial charge >= 0.3 is 5.97 Å². The van der Waals surface area contributed by atoms with Crippen molar-refractivity contribution in [1.82, 2.24) is 0 Å². The highest BCUT2D eigenvalue weighted by atomic mass is 16.4. The second kappa shape index (κ2) is 8.53. The second-order valence-corrected chi connectivity index (χ2v) is 14.3. The number of carbonyl (C=O) groups is 2. The molecule has 202 valence electrons. The summed E-state index contributed by atoms with van der Waals surface area (Å²) in [6.45, 7) is 18.5. The van der Waals surface area contributed by atoms with Crippen LogP contribution in [0.3, 0.4) is 0 Å². The molecule has 0 aliphatic heterocycles. The molecule has 4 rings (SSSR count). The Kier molecular flexibility index (Phi) is 6.53. The van der Waals surface area contributed by atoms with E-state index >= 15 is 0 Å². The molecule has 0 spiro atoms. The number of carbonyl (C=O) groups excluding carboxylic acids is 1. The summed E-state index contributed by atoms with van der Waals surface area (Å²) in [5.41, 5.74) is 1.63. The Hall–Kier alpha value is -1.46. The monoisotopic (exact) mass is 500 g/mol. The summed E-state index contributed by atoms with van der Waals surface area (Å²) >= 11 is 0. The maximum atomic E-state index is 12.8. The normalized spacial score (nSPS) is 40.8. The van der Waals surface area contributed by atoms with Crippen LogP contribution < -0.4 is 0 Å². The molecule has 0 aromatic heterocycles. The van der Waals surface area contributed by atoms with E-state index in [-0.39, 0.29) is 27.6 Å². The number of aliphatic hydroxyl groups excluding tert-OH is 1. The zero-order valence-corrected chi connectivity index (χ0v) is 23.5. The number of ketones is 1. The van der Waals surface area contributed by atoms with Crippen molar-refractivity contribution in [3.63, 3.8) is 0 Å². The molecule has 4 aliphatic carbocycles. The van der Waals surface area contributed by atoms with Crippen LogP contribution in [0.5, 0.6) is 0 Å². The maximum absolute atomic E-state index is 12.8. The first-order valence-corrected chi connectivity index (χ1v) is 14.0. The van der Waals surface area contributed by atoms with Crippen molar-refractivity contribution < 1.29 is 24.9 Å². The first kappa shape index (κ1) is 27.6. The lowest BCUT2D eigenvalue weighted by Gasteiger charge is -2.60. The molecule has 0 amide bonds. The summed E-state index contributed by atoms with van der Waals surface area (Å²) in [4.78, 5) is 25.4. The zero-order valence-electron chi connectivity index (χ0n) is 23.5. The third-order valence-corrected chi connectivity index (χ3v) is 11.9. The summed E-state index contributed by atoms with van der Waals surface area (Å²) in [5.74, 6) is -1.19. The number of hydrogen-bond donors (Lipinski definition) is 3. The van der Waals surface area contributed by atoms with Gasteiger partial charge in [-0.2, -0.15) is 0 Å². The Labute approximate surface area is 217 Å². The van der Waals surface area contributed by atoms with E-state index in [0.29, 0.717) is 43.0 Å². The van der Waals surface area contributed by atoms with Crippen LogP contribution >= 0.6 is 0 Å². The van der Waals surface area contributed by atoms with Gasteiger partial charge in [0.1, 0.15) is 5.78 Å². The van der Waals surface area contributed by atoms with E-state index in [2.05, 4.69) is 41.2 Å². The van der Waals surface area contributed by atoms with Gasteiger partial charge in [-0.25, -0.2) is 0 Å². The Morgan fingerprint density at radius 3 is 2.31 bits per heavy atom. The molecule has 4 aliphatic rings. The Bertz CT molecular complexity index is 999. The molecule has 5 heteroatoms. The van der Waals surface area contributed by atoms with E-state index in [1.807, 2.05) is 0 Å². The molecule has 0 aromatic rings. The third-order valence-electron chi connectivity index (χ3n) is 11.9. The van der Waals surface area contributed by atoms with E-state index in [0.717, 1.165) is 32.1 Å². The van der Waals surface area contributed by atoms with Crippen LogP contribution in [0, 0.1) is 39.4 Å². The van der Waals surface area contributed by atoms with Gasteiger partial charge < -0.3 is 15.3 Å². The molecule has 5 nitrogen and oxygen atoms in total. The molecule has 2 saturated carbocycles. The molecule has 0 saturated heterocycles. The van der Waals surface area contributed by atoms with Crippen molar-refractivity contribution in [2.45, 2.75) is 118 Å². The summed E-state index contributed by atoms with van der Waals surface area (Å²) in [5, 5.41) is 32.1. The van der Waals surface area contributed by atoms with E-state index in [4.69, 9.17) is 0 Å². The van der Waals surface area contributed by atoms with Gasteiger partial charge in [0, 0.05) is 17.8 Å². The highest BCUT2D eigenvalue weighted by Gasteiger charge is 2.66. The summed E-state index contributed by atoms with van der Waals surface area (Å²) in [7, 11) is 0. The van der Waals surface area contributed by atoms with Crippen LogP contribution in [-0.4, -0.2) is 38.8 Å². The number of aliphatic hydroxyl groups is 2. The topological polar surface area (TPSA) is 94.8 Å². The smallest absolute Gasteiger partial charge is 0.306 e. The van der Waals surface area contributed by atoms with Crippen molar-refractivity contribution in [2.75, 3.05) is 0 Å². The Balaban J connectivity index is 1.71. The van der Waals surface area contributed by atoms with Crippen LogP contribution in [0.15, 0.2) is 23.3 Å². The highest BCUT2D eigenvalue weighted by molar-refractivity contribution is 5.85. The largest absolute Gasteiger partial charge is 0.481 e. The molecule has 36 heavy (non-hydrogen) atoms. The van der Waals surface area contributed by atoms with Gasteiger partial charge in [0.25, 0.3) is 0 Å². The van der Waals surface area contributed by atoms with E-state index < -0.39 is 23.6 Å². The minimum absolute atomic E-state index is 0.00494. The molecule has 0 radical (unpaired) electrons. The summed E-state index contributed by atoms with van der Waals surface area (Å²) in [6, 6.07) is 0. The first-order valence-electron chi connectivity index (χ1n) is 14.0. The molecule has 2 fully saturated rings. The lowest BCUT2D eigenvalue weighted by molar-refractivity contribution is -0.149. The van der Waals surface area contributed by atoms with Gasteiger partial charge in [0.05, 0.1) is 17.6 Å². The van der Waals surface area contributed by atoms with Gasteiger partial charge in [-0.15, -0.1) is 0 Å². The third kappa shape index (κ3) is 3.78. The predicted molar refractivity (Wildman–Crippen MR) is 141 cm³/mol. The van der Waals surface area contributed by atoms with Crippen LogP contribution in [-0.2, 0) is 9.59 Å². The molecule has 0 bridgehead atoms. The van der Waals surface area contributed by atoms with Crippen LogP contribution in [0.2, 0.25) is 0 Å². The van der Waals surface area contributed by atoms with Crippen LogP contribution in [0.25, 0.3) is 0 Å². The molecule has 3 N–H and O–H groups in total. The van der Waals surface area contributed by atoms with Gasteiger partial charge in [0.2, 0.25) is 0 Å². The van der Waals surface area contributed by atoms with E-state index in [1.165, 1.54) is 11.1 Å². The summed E-state index contributed by atoms with van der Waals surface area (Å²) in [6.07, 6.45) is 5.92. The predicted octanol–water partition coefficient (Wildman–Crippen LogP) is 6.08. The molecule has 0 aromatic carbocycles. The van der Waals surface area contributed by atoms with Crippen molar-refractivity contribution in [3.8, 4) is 0 Å². The highest BCUT2D eigenvalue weighted by Crippen LogP contribution is 2.72. The fraction of sp³-hybridized carbons (Fsp3) is 0.806. The molecular formula is C31H48O5. The van der Waals surface area contributed by atoms with Gasteiger partial charge in [-0.05, 0) is 93.0 Å². The number of aliphatic carboxylic acids is 1. The van der Waals surface area contributed by atoms with Gasteiger partial charge in [-0.1, -0.05) is 52.3 Å². The van der Waals surface area contributed by atoms with Crippen LogP contribution in [0.4, 0.5) is 0 Å². The average Bonchev–Trinajstić information content (AvgIpc) is 2.96. The number of hydrogen-bond acceptors (Lipinski definition) is 4.